The van der Waals surface area contributed by atoms with Crippen molar-refractivity contribution in [3.05, 3.63) is 47.2 Å². The average Bonchev–Trinajstić information content (AvgIpc) is 2.83. The van der Waals surface area contributed by atoms with E-state index in [0.29, 0.717) is 18.9 Å². The Bertz CT molecular complexity index is 863. The molecule has 1 aliphatic rings. The molecule has 3 unspecified atom stereocenters. The lowest BCUT2D eigenvalue weighted by molar-refractivity contribution is -0.157. The Kier molecular flexibility index (Phi) is 14.5. The van der Waals surface area contributed by atoms with Crippen LogP contribution < -0.4 is 5.32 Å². The van der Waals surface area contributed by atoms with Gasteiger partial charge in [-0.2, -0.15) is 13.2 Å². The molecule has 210 valence electrons. The van der Waals surface area contributed by atoms with Crippen LogP contribution in [-0.4, -0.2) is 61.8 Å². The third kappa shape index (κ3) is 12.1. The first kappa shape index (κ1) is 32.6. The number of aliphatic carboxylic acids is 1. The maximum Gasteiger partial charge on any atom is 0.415 e. The molecule has 0 spiro atoms. The molecule has 1 fully saturated rings. The van der Waals surface area contributed by atoms with Crippen molar-refractivity contribution in [2.75, 3.05) is 26.4 Å². The van der Waals surface area contributed by atoms with Crippen LogP contribution in [0.2, 0.25) is 0 Å². The second kappa shape index (κ2) is 16.4. The lowest BCUT2D eigenvalue weighted by Crippen LogP contribution is -2.34. The summed E-state index contributed by atoms with van der Waals surface area (Å²) >= 11 is 0. The van der Waals surface area contributed by atoms with Crippen molar-refractivity contribution in [2.45, 2.75) is 78.2 Å². The van der Waals surface area contributed by atoms with Gasteiger partial charge in [-0.05, 0) is 64.0 Å². The molecule has 2 N–H and O–H groups in total. The van der Waals surface area contributed by atoms with Crippen molar-refractivity contribution in [3.8, 4) is 0 Å². The van der Waals surface area contributed by atoms with Crippen LogP contribution in [0.5, 0.6) is 0 Å². The minimum atomic E-state index is -4.57. The lowest BCUT2D eigenvalue weighted by Gasteiger charge is -2.30. The topological polar surface area (TPSA) is 94.1 Å². The average molecular weight is 532 g/mol. The molecule has 37 heavy (non-hydrogen) atoms. The number of alkyl halides is 3. The van der Waals surface area contributed by atoms with E-state index in [4.69, 9.17) is 14.2 Å². The number of carboxylic acids is 1. The zero-order chi connectivity index (χ0) is 28.0. The van der Waals surface area contributed by atoms with Crippen molar-refractivity contribution >= 4 is 11.9 Å². The molecule has 0 aromatic rings. The Balaban J connectivity index is 2.56. The largest absolute Gasteiger partial charge is 0.479 e. The van der Waals surface area contributed by atoms with Gasteiger partial charge in [-0.1, -0.05) is 32.1 Å². The van der Waals surface area contributed by atoms with Gasteiger partial charge in [0.15, 0.2) is 6.10 Å². The predicted octanol–water partition coefficient (Wildman–Crippen LogP) is 5.49. The molecule has 10 heteroatoms. The highest BCUT2D eigenvalue weighted by Crippen LogP contribution is 2.28. The monoisotopic (exact) mass is 531 g/mol. The number of nitrogens with one attached hydrogen (secondary N) is 1. The normalized spacial score (nSPS) is 20.5. The number of rotatable bonds is 15. The van der Waals surface area contributed by atoms with E-state index < -0.39 is 29.7 Å². The molecule has 1 rings (SSSR count). The summed E-state index contributed by atoms with van der Waals surface area (Å²) in [6.07, 6.45) is 2.51. The molecule has 0 heterocycles. The van der Waals surface area contributed by atoms with Crippen LogP contribution in [0.1, 0.15) is 59.8 Å². The summed E-state index contributed by atoms with van der Waals surface area (Å²) < 4.78 is 55.3. The van der Waals surface area contributed by atoms with Crippen LogP contribution in [0, 0.1) is 5.92 Å². The fourth-order valence-corrected chi connectivity index (χ4v) is 3.92. The van der Waals surface area contributed by atoms with Gasteiger partial charge in [0.1, 0.15) is 0 Å². The molecule has 0 aromatic heterocycles. The summed E-state index contributed by atoms with van der Waals surface area (Å²) in [6.45, 7) is 10.6. The van der Waals surface area contributed by atoms with E-state index in [0.717, 1.165) is 38.2 Å². The second-order valence-corrected chi connectivity index (χ2v) is 9.02. The Morgan fingerprint density at radius 2 is 1.92 bits per heavy atom. The van der Waals surface area contributed by atoms with E-state index in [1.165, 1.54) is 13.0 Å². The van der Waals surface area contributed by atoms with E-state index in [-0.39, 0.29) is 36.4 Å². The Hall–Kier alpha value is -2.43. The summed E-state index contributed by atoms with van der Waals surface area (Å²) in [5, 5.41) is 12.0. The molecule has 0 aromatic carbocycles. The number of carbonyl (C=O) groups excluding carboxylic acids is 1. The predicted molar refractivity (Wildman–Crippen MR) is 135 cm³/mol. The number of carboxylic acid groups (broad SMARTS) is 1. The highest BCUT2D eigenvalue weighted by molar-refractivity contribution is 5.98. The molecular formula is C27H40F3NO6. The van der Waals surface area contributed by atoms with E-state index in [9.17, 15) is 27.9 Å². The maximum absolute atomic E-state index is 12.8. The molecule has 0 radical (unpaired) electrons. The molecule has 1 aliphatic carbocycles. The van der Waals surface area contributed by atoms with Crippen LogP contribution in [-0.2, 0) is 23.8 Å². The molecule has 0 bridgehead atoms. The van der Waals surface area contributed by atoms with Gasteiger partial charge in [0, 0.05) is 23.5 Å². The SMILES string of the molecule is C=C(/C=C(C)\C(=C/C)C(=O)N/C(=C/C)COCC1CCCC(OCC(OCCC)C(=O)O)C1)C(F)(F)F. The zero-order valence-corrected chi connectivity index (χ0v) is 22.2. The van der Waals surface area contributed by atoms with Gasteiger partial charge in [-0.15, -0.1) is 0 Å². The fraction of sp³-hybridized carbons (Fsp3) is 0.630. The first-order valence-electron chi connectivity index (χ1n) is 12.5. The Morgan fingerprint density at radius 3 is 2.49 bits per heavy atom. The van der Waals surface area contributed by atoms with Gasteiger partial charge in [-0.3, -0.25) is 4.79 Å². The van der Waals surface area contributed by atoms with E-state index in [2.05, 4.69) is 11.9 Å². The highest BCUT2D eigenvalue weighted by Gasteiger charge is 2.31. The number of carbonyl (C=O) groups is 2. The number of hydrogen-bond acceptors (Lipinski definition) is 5. The van der Waals surface area contributed by atoms with Crippen molar-refractivity contribution in [1.82, 2.24) is 5.32 Å². The van der Waals surface area contributed by atoms with Gasteiger partial charge in [0.2, 0.25) is 0 Å². The van der Waals surface area contributed by atoms with Crippen LogP contribution in [0.25, 0.3) is 0 Å². The van der Waals surface area contributed by atoms with E-state index in [1.54, 1.807) is 19.9 Å². The smallest absolute Gasteiger partial charge is 0.415 e. The highest BCUT2D eigenvalue weighted by atomic mass is 19.4. The van der Waals surface area contributed by atoms with Gasteiger partial charge >= 0.3 is 12.1 Å². The molecule has 0 saturated heterocycles. The van der Waals surface area contributed by atoms with Crippen molar-refractivity contribution in [1.29, 1.82) is 0 Å². The molecule has 0 aliphatic heterocycles. The van der Waals surface area contributed by atoms with Gasteiger partial charge in [-0.25, -0.2) is 4.79 Å². The standard InChI is InChI=1S/C27H40F3NO6/c1-6-12-36-24(26(33)34)17-37-22-11-9-10-20(14-22)15-35-16-21(7-2)31-25(32)23(8-3)18(4)13-19(5)27(28,29)30/h7-8,13,20,22,24H,5-6,9-12,14-17H2,1-4H3,(H,31,32)(H,33,34)/b18-13-,21-7+,23-8+. The van der Waals surface area contributed by atoms with Gasteiger partial charge in [0.05, 0.1) is 25.9 Å². The number of hydrogen-bond donors (Lipinski definition) is 2. The molecular weight excluding hydrogens is 491 g/mol. The van der Waals surface area contributed by atoms with Crippen LogP contribution in [0.15, 0.2) is 47.2 Å². The van der Waals surface area contributed by atoms with Crippen LogP contribution in [0.3, 0.4) is 0 Å². The fourth-order valence-electron chi connectivity index (χ4n) is 3.92. The zero-order valence-electron chi connectivity index (χ0n) is 22.2. The Morgan fingerprint density at radius 1 is 1.22 bits per heavy atom. The number of amides is 1. The third-order valence-electron chi connectivity index (χ3n) is 5.96. The maximum atomic E-state index is 12.8. The molecule has 3 atom stereocenters. The van der Waals surface area contributed by atoms with E-state index in [1.807, 2.05) is 6.92 Å². The first-order chi connectivity index (χ1) is 17.4. The summed E-state index contributed by atoms with van der Waals surface area (Å²) in [7, 11) is 0. The molecule has 1 saturated carbocycles. The van der Waals surface area contributed by atoms with Crippen LogP contribution >= 0.6 is 0 Å². The van der Waals surface area contributed by atoms with E-state index >= 15 is 0 Å². The Labute approximate surface area is 217 Å². The number of allylic oxidation sites excluding steroid dienone is 4. The molecule has 7 nitrogen and oxygen atoms in total. The summed E-state index contributed by atoms with van der Waals surface area (Å²) in [5.74, 6) is -1.36. The summed E-state index contributed by atoms with van der Waals surface area (Å²) in [6, 6.07) is 0. The minimum Gasteiger partial charge on any atom is -0.479 e. The lowest BCUT2D eigenvalue weighted by atomic mass is 9.88. The van der Waals surface area contributed by atoms with Crippen molar-refractivity contribution < 1.29 is 42.1 Å². The third-order valence-corrected chi connectivity index (χ3v) is 5.96. The van der Waals surface area contributed by atoms with Crippen LogP contribution in [0.4, 0.5) is 13.2 Å². The van der Waals surface area contributed by atoms with Crippen molar-refractivity contribution in [2.24, 2.45) is 5.92 Å². The summed E-state index contributed by atoms with van der Waals surface area (Å²) in [5.41, 5.74) is -0.280. The first-order valence-corrected chi connectivity index (χ1v) is 12.5. The number of halogens is 3. The minimum absolute atomic E-state index is 0.000209. The number of ether oxygens (including phenoxy) is 3. The molecule has 1 amide bonds. The van der Waals surface area contributed by atoms with Crippen molar-refractivity contribution in [3.63, 3.8) is 0 Å². The second-order valence-electron chi connectivity index (χ2n) is 9.02. The van der Waals surface area contributed by atoms with Gasteiger partial charge in [0.25, 0.3) is 5.91 Å². The summed E-state index contributed by atoms with van der Waals surface area (Å²) in [4.78, 5) is 24.0. The quantitative estimate of drug-likeness (QED) is 0.214. The van der Waals surface area contributed by atoms with Gasteiger partial charge < -0.3 is 24.6 Å².